The molecule has 0 aliphatic rings. The number of methoxy groups -OCH3 is 1. The van der Waals surface area contributed by atoms with Gasteiger partial charge in [-0.15, -0.1) is 13.2 Å². The lowest BCUT2D eigenvalue weighted by atomic mass is 10.1. The Kier molecular flexibility index (Phi) is 5.76. The molecule has 2 N–H and O–H groups in total. The molecule has 0 spiro atoms. The second kappa shape index (κ2) is 7.96. The molecule has 0 radical (unpaired) electrons. The van der Waals surface area contributed by atoms with E-state index in [0.29, 0.717) is 22.2 Å². The molecule has 0 saturated heterocycles. The van der Waals surface area contributed by atoms with E-state index in [1.165, 1.54) is 37.4 Å². The fraction of sp³-hybridized carbons (Fsp3) is 0.263. The molecule has 0 amide bonds. The van der Waals surface area contributed by atoms with Crippen LogP contribution in [0.5, 0.6) is 11.5 Å². The van der Waals surface area contributed by atoms with Crippen LogP contribution in [0.15, 0.2) is 47.4 Å². The Morgan fingerprint density at radius 3 is 2.34 bits per heavy atom. The normalized spacial score (nSPS) is 12.3. The summed E-state index contributed by atoms with van der Waals surface area (Å²) in [5.41, 5.74) is 2.10. The number of aryl methyl sites for hydroxylation is 1. The third kappa shape index (κ3) is 5.01. The second-order valence-corrected chi connectivity index (χ2v) is 8.07. The van der Waals surface area contributed by atoms with Crippen LogP contribution in [0.3, 0.4) is 0 Å². The largest absolute Gasteiger partial charge is 0.573 e. The zero-order chi connectivity index (χ0) is 21.2. The molecule has 0 atom stereocenters. The highest BCUT2D eigenvalue weighted by Crippen LogP contribution is 2.30. The van der Waals surface area contributed by atoms with E-state index >= 15 is 0 Å². The van der Waals surface area contributed by atoms with Gasteiger partial charge in [0.25, 0.3) is 0 Å². The molecule has 0 fully saturated rings. The Labute approximate surface area is 165 Å². The lowest BCUT2D eigenvalue weighted by molar-refractivity contribution is -0.274. The first-order valence-corrected chi connectivity index (χ1v) is 10.1. The van der Waals surface area contributed by atoms with Crippen molar-refractivity contribution in [3.63, 3.8) is 0 Å². The fourth-order valence-electron chi connectivity index (χ4n) is 3.03. The molecule has 29 heavy (non-hydrogen) atoms. The van der Waals surface area contributed by atoms with E-state index < -0.39 is 16.4 Å². The molecule has 2 aromatic carbocycles. The first-order chi connectivity index (χ1) is 13.6. The van der Waals surface area contributed by atoms with E-state index in [1.54, 1.807) is 19.1 Å². The van der Waals surface area contributed by atoms with Crippen molar-refractivity contribution in [3.05, 3.63) is 53.7 Å². The highest BCUT2D eigenvalue weighted by atomic mass is 32.2. The molecule has 1 aromatic heterocycles. The summed E-state index contributed by atoms with van der Waals surface area (Å²) in [6.07, 6.45) is -4.50. The number of benzene rings is 2. The van der Waals surface area contributed by atoms with E-state index in [-0.39, 0.29) is 23.6 Å². The van der Waals surface area contributed by atoms with Gasteiger partial charge in [0.05, 0.1) is 12.0 Å². The van der Waals surface area contributed by atoms with Crippen molar-refractivity contribution in [2.75, 3.05) is 13.7 Å². The maximum Gasteiger partial charge on any atom is 0.573 e. The monoisotopic (exact) mass is 428 g/mol. The number of H-pyrrole nitrogens is 1. The van der Waals surface area contributed by atoms with Crippen molar-refractivity contribution < 1.29 is 31.1 Å². The van der Waals surface area contributed by atoms with Crippen molar-refractivity contribution in [1.82, 2.24) is 9.71 Å². The summed E-state index contributed by atoms with van der Waals surface area (Å²) in [5, 5.41) is 0.549. The highest BCUT2D eigenvalue weighted by molar-refractivity contribution is 7.89. The lowest BCUT2D eigenvalue weighted by Crippen LogP contribution is -2.26. The van der Waals surface area contributed by atoms with E-state index in [9.17, 15) is 21.6 Å². The van der Waals surface area contributed by atoms with Crippen LogP contribution in [-0.2, 0) is 16.4 Å². The molecule has 3 aromatic rings. The average molecular weight is 428 g/mol. The Hall–Kier alpha value is -2.72. The van der Waals surface area contributed by atoms with Crippen LogP contribution in [0.2, 0.25) is 0 Å². The number of nitrogens with one attached hydrogen (secondary N) is 2. The van der Waals surface area contributed by atoms with Crippen molar-refractivity contribution in [3.8, 4) is 11.5 Å². The van der Waals surface area contributed by atoms with Gasteiger partial charge in [-0.2, -0.15) is 0 Å². The van der Waals surface area contributed by atoms with Crippen LogP contribution in [0.1, 0.15) is 11.3 Å². The van der Waals surface area contributed by atoms with Crippen LogP contribution in [-0.4, -0.2) is 33.4 Å². The van der Waals surface area contributed by atoms with Gasteiger partial charge in [0, 0.05) is 23.1 Å². The highest BCUT2D eigenvalue weighted by Gasteiger charge is 2.31. The van der Waals surface area contributed by atoms with Crippen molar-refractivity contribution >= 4 is 20.9 Å². The van der Waals surface area contributed by atoms with Gasteiger partial charge in [-0.1, -0.05) is 0 Å². The number of aromatic nitrogens is 1. The SMILES string of the molecule is COc1ccc(S(=O)(=O)NCCc2c(C)[nH]c3ccc(OC(F)(F)F)cc23)cc1. The summed E-state index contributed by atoms with van der Waals surface area (Å²) in [4.78, 5) is 3.17. The topological polar surface area (TPSA) is 80.4 Å². The van der Waals surface area contributed by atoms with Gasteiger partial charge in [0.15, 0.2) is 0 Å². The number of alkyl halides is 3. The Morgan fingerprint density at radius 1 is 1.07 bits per heavy atom. The molecule has 0 unspecified atom stereocenters. The smallest absolute Gasteiger partial charge is 0.497 e. The van der Waals surface area contributed by atoms with E-state index in [1.807, 2.05) is 0 Å². The maximum absolute atomic E-state index is 12.5. The van der Waals surface area contributed by atoms with Crippen LogP contribution in [0, 0.1) is 6.92 Å². The second-order valence-electron chi connectivity index (χ2n) is 6.31. The third-order valence-electron chi connectivity index (χ3n) is 4.36. The molecular weight excluding hydrogens is 409 g/mol. The number of rotatable bonds is 7. The first-order valence-electron chi connectivity index (χ1n) is 8.60. The van der Waals surface area contributed by atoms with Crippen LogP contribution in [0.4, 0.5) is 13.2 Å². The summed E-state index contributed by atoms with van der Waals surface area (Å²) < 4.78 is 73.7. The van der Waals surface area contributed by atoms with Gasteiger partial charge in [-0.25, -0.2) is 13.1 Å². The summed E-state index contributed by atoms with van der Waals surface area (Å²) in [6.45, 7) is 1.85. The van der Waals surface area contributed by atoms with Gasteiger partial charge in [-0.05, 0) is 61.4 Å². The Balaban J connectivity index is 1.75. The summed E-state index contributed by atoms with van der Waals surface area (Å²) >= 11 is 0. The zero-order valence-corrected chi connectivity index (χ0v) is 16.4. The van der Waals surface area contributed by atoms with Gasteiger partial charge < -0.3 is 14.5 Å². The van der Waals surface area contributed by atoms with E-state index in [0.717, 1.165) is 5.69 Å². The Morgan fingerprint density at radius 2 is 1.72 bits per heavy atom. The number of hydrogen-bond acceptors (Lipinski definition) is 4. The zero-order valence-electron chi connectivity index (χ0n) is 15.6. The maximum atomic E-state index is 12.5. The summed E-state index contributed by atoms with van der Waals surface area (Å²) in [7, 11) is -2.24. The van der Waals surface area contributed by atoms with Crippen molar-refractivity contribution in [2.24, 2.45) is 0 Å². The van der Waals surface area contributed by atoms with Gasteiger partial charge >= 0.3 is 6.36 Å². The molecule has 156 valence electrons. The molecule has 1 heterocycles. The van der Waals surface area contributed by atoms with Crippen LogP contribution in [0.25, 0.3) is 10.9 Å². The molecule has 3 rings (SSSR count). The van der Waals surface area contributed by atoms with Gasteiger partial charge in [0.1, 0.15) is 11.5 Å². The Bertz CT molecular complexity index is 1110. The molecule has 6 nitrogen and oxygen atoms in total. The van der Waals surface area contributed by atoms with Crippen molar-refractivity contribution in [2.45, 2.75) is 24.6 Å². The number of aromatic amines is 1. The minimum absolute atomic E-state index is 0.0759. The average Bonchev–Trinajstić information content (AvgIpc) is 2.95. The minimum Gasteiger partial charge on any atom is -0.497 e. The summed E-state index contributed by atoms with van der Waals surface area (Å²) in [6, 6.07) is 9.95. The van der Waals surface area contributed by atoms with E-state index in [4.69, 9.17) is 4.74 Å². The van der Waals surface area contributed by atoms with Crippen LogP contribution < -0.4 is 14.2 Å². The predicted octanol–water partition coefficient (Wildman–Crippen LogP) is 3.90. The van der Waals surface area contributed by atoms with Crippen LogP contribution >= 0.6 is 0 Å². The predicted molar refractivity (Wildman–Crippen MR) is 102 cm³/mol. The third-order valence-corrected chi connectivity index (χ3v) is 5.84. The molecular formula is C19H19F3N2O4S. The quantitative estimate of drug-likeness (QED) is 0.598. The number of ether oxygens (including phenoxy) is 2. The molecule has 10 heteroatoms. The molecule has 0 aliphatic heterocycles. The van der Waals surface area contributed by atoms with Gasteiger partial charge in [-0.3, -0.25) is 0 Å². The molecule has 0 aliphatic carbocycles. The van der Waals surface area contributed by atoms with Gasteiger partial charge in [0.2, 0.25) is 10.0 Å². The number of hydrogen-bond donors (Lipinski definition) is 2. The van der Waals surface area contributed by atoms with Crippen molar-refractivity contribution in [1.29, 1.82) is 0 Å². The first kappa shape index (κ1) is 21.0. The minimum atomic E-state index is -4.78. The van der Waals surface area contributed by atoms with E-state index in [2.05, 4.69) is 14.4 Å². The lowest BCUT2D eigenvalue weighted by Gasteiger charge is -2.10. The molecule has 0 bridgehead atoms. The molecule has 0 saturated carbocycles. The standard InChI is InChI=1S/C19H19F3N2O4S/c1-12-16(17-11-14(28-19(20,21)22)5-8-18(17)24-12)9-10-23-29(25,26)15-6-3-13(27-2)4-7-15/h3-8,11,23-24H,9-10H2,1-2H3. The number of fused-ring (bicyclic) bond motifs is 1. The number of sulfonamides is 1. The number of halogens is 3. The summed E-state index contributed by atoms with van der Waals surface area (Å²) in [5.74, 6) is 0.208. The fourth-order valence-corrected chi connectivity index (χ4v) is 4.06.